The van der Waals surface area contributed by atoms with E-state index in [1.54, 1.807) is 11.1 Å². The lowest BCUT2D eigenvalue weighted by Crippen LogP contribution is -2.32. The van der Waals surface area contributed by atoms with Crippen molar-refractivity contribution in [1.82, 2.24) is 4.98 Å². The number of carbonyl (C=O) groups excluding carboxylic acids is 1. The molecule has 0 fully saturated rings. The first-order chi connectivity index (χ1) is 11.7. The van der Waals surface area contributed by atoms with Gasteiger partial charge in [0.25, 0.3) is 5.91 Å². The van der Waals surface area contributed by atoms with Crippen LogP contribution in [0, 0.1) is 6.92 Å². The third kappa shape index (κ3) is 2.42. The van der Waals surface area contributed by atoms with Crippen LogP contribution in [0.1, 0.15) is 27.7 Å². The second-order valence-corrected chi connectivity index (χ2v) is 5.86. The molecule has 0 saturated heterocycles. The molecule has 1 aliphatic rings. The van der Waals surface area contributed by atoms with Crippen molar-refractivity contribution >= 4 is 17.4 Å². The molecule has 118 valence electrons. The number of rotatable bonds is 3. The number of pyridine rings is 1. The van der Waals surface area contributed by atoms with E-state index >= 15 is 0 Å². The molecule has 0 radical (unpaired) electrons. The number of anilines is 2. The highest BCUT2D eigenvalue weighted by Crippen LogP contribution is 2.37. The number of nitrogens with one attached hydrogen (secondary N) is 1. The van der Waals surface area contributed by atoms with Crippen molar-refractivity contribution in [2.75, 3.05) is 10.2 Å². The molecule has 3 aromatic rings. The van der Waals surface area contributed by atoms with E-state index in [1.165, 1.54) is 5.56 Å². The van der Waals surface area contributed by atoms with Gasteiger partial charge in [0.15, 0.2) is 0 Å². The number of fused-ring (bicyclic) bond motifs is 1. The predicted octanol–water partition coefficient (Wildman–Crippen LogP) is 4.16. The van der Waals surface area contributed by atoms with E-state index < -0.39 is 0 Å². The van der Waals surface area contributed by atoms with Crippen LogP contribution in [0.2, 0.25) is 0 Å². The van der Waals surface area contributed by atoms with E-state index in [9.17, 15) is 4.79 Å². The maximum Gasteiger partial charge on any atom is 0.261 e. The molecule has 1 aromatic heterocycles. The quantitative estimate of drug-likeness (QED) is 0.789. The molecule has 4 heteroatoms. The summed E-state index contributed by atoms with van der Waals surface area (Å²) in [6.07, 6.45) is 1.43. The Labute approximate surface area is 140 Å². The SMILES string of the molecule is Cc1ccc(NC2c3ccccc3C(=O)N2c2ccccn2)cc1. The lowest BCUT2D eigenvalue weighted by atomic mass is 10.1. The van der Waals surface area contributed by atoms with Crippen LogP contribution in [0.15, 0.2) is 72.9 Å². The zero-order valence-corrected chi connectivity index (χ0v) is 13.3. The topological polar surface area (TPSA) is 45.2 Å². The Morgan fingerprint density at radius 3 is 2.46 bits per heavy atom. The van der Waals surface area contributed by atoms with E-state index in [1.807, 2.05) is 54.6 Å². The zero-order valence-electron chi connectivity index (χ0n) is 13.3. The van der Waals surface area contributed by atoms with E-state index in [2.05, 4.69) is 29.4 Å². The molecule has 0 spiro atoms. The van der Waals surface area contributed by atoms with Crippen molar-refractivity contribution in [2.24, 2.45) is 0 Å². The fourth-order valence-corrected chi connectivity index (χ4v) is 3.00. The average Bonchev–Trinajstić information content (AvgIpc) is 2.90. The molecule has 2 heterocycles. The second-order valence-electron chi connectivity index (χ2n) is 5.86. The van der Waals surface area contributed by atoms with Crippen molar-refractivity contribution in [1.29, 1.82) is 0 Å². The van der Waals surface area contributed by atoms with Crippen molar-refractivity contribution < 1.29 is 4.79 Å². The van der Waals surface area contributed by atoms with Crippen LogP contribution in [0.4, 0.5) is 11.5 Å². The van der Waals surface area contributed by atoms with E-state index in [4.69, 9.17) is 0 Å². The van der Waals surface area contributed by atoms with Gasteiger partial charge in [-0.1, -0.05) is 42.0 Å². The lowest BCUT2D eigenvalue weighted by Gasteiger charge is -2.26. The van der Waals surface area contributed by atoms with Crippen LogP contribution >= 0.6 is 0 Å². The van der Waals surface area contributed by atoms with Crippen LogP contribution in [0.3, 0.4) is 0 Å². The summed E-state index contributed by atoms with van der Waals surface area (Å²) in [7, 11) is 0. The van der Waals surface area contributed by atoms with Gasteiger partial charge in [-0.2, -0.15) is 0 Å². The molecule has 1 N–H and O–H groups in total. The molecular formula is C20H17N3O. The van der Waals surface area contributed by atoms with Crippen LogP contribution in [-0.2, 0) is 0 Å². The van der Waals surface area contributed by atoms with Crippen molar-refractivity contribution in [3.8, 4) is 0 Å². The Morgan fingerprint density at radius 2 is 1.71 bits per heavy atom. The Bertz CT molecular complexity index is 875. The molecule has 0 saturated carbocycles. The van der Waals surface area contributed by atoms with Gasteiger partial charge in [-0.3, -0.25) is 9.69 Å². The molecule has 0 aliphatic carbocycles. The minimum absolute atomic E-state index is 0.0334. The minimum Gasteiger partial charge on any atom is -0.361 e. The van der Waals surface area contributed by atoms with Crippen LogP contribution < -0.4 is 10.2 Å². The normalized spacial score (nSPS) is 16.1. The molecular weight excluding hydrogens is 298 g/mol. The molecule has 4 nitrogen and oxygen atoms in total. The zero-order chi connectivity index (χ0) is 16.5. The fraction of sp³-hybridized carbons (Fsp3) is 0.100. The molecule has 4 rings (SSSR count). The lowest BCUT2D eigenvalue weighted by molar-refractivity contribution is 0.0992. The number of aryl methyl sites for hydroxylation is 1. The van der Waals surface area contributed by atoms with Crippen LogP contribution in [0.5, 0.6) is 0 Å². The largest absolute Gasteiger partial charge is 0.361 e. The van der Waals surface area contributed by atoms with Gasteiger partial charge in [0, 0.05) is 23.0 Å². The smallest absolute Gasteiger partial charge is 0.261 e. The summed E-state index contributed by atoms with van der Waals surface area (Å²) in [5.41, 5.74) is 3.85. The van der Waals surface area contributed by atoms with Crippen molar-refractivity contribution in [2.45, 2.75) is 13.1 Å². The maximum atomic E-state index is 12.9. The molecule has 2 aromatic carbocycles. The van der Waals surface area contributed by atoms with Crippen LogP contribution in [-0.4, -0.2) is 10.9 Å². The summed E-state index contributed by atoms with van der Waals surface area (Å²) in [6, 6.07) is 21.4. The summed E-state index contributed by atoms with van der Waals surface area (Å²) >= 11 is 0. The van der Waals surface area contributed by atoms with Gasteiger partial charge < -0.3 is 5.32 Å². The van der Waals surface area contributed by atoms with Gasteiger partial charge in [-0.25, -0.2) is 4.98 Å². The highest BCUT2D eigenvalue weighted by molar-refractivity contribution is 6.10. The Kier molecular flexibility index (Phi) is 3.50. The van der Waals surface area contributed by atoms with Gasteiger partial charge in [-0.15, -0.1) is 0 Å². The molecule has 1 atom stereocenters. The summed E-state index contributed by atoms with van der Waals surface area (Å²) in [4.78, 5) is 19.0. The molecule has 0 bridgehead atoms. The number of aromatic nitrogens is 1. The monoisotopic (exact) mass is 315 g/mol. The predicted molar refractivity (Wildman–Crippen MR) is 95.0 cm³/mol. The first kappa shape index (κ1) is 14.5. The third-order valence-electron chi connectivity index (χ3n) is 4.21. The number of hydrogen-bond acceptors (Lipinski definition) is 3. The summed E-state index contributed by atoms with van der Waals surface area (Å²) < 4.78 is 0. The fourth-order valence-electron chi connectivity index (χ4n) is 3.00. The number of amides is 1. The maximum absolute atomic E-state index is 12.9. The van der Waals surface area contributed by atoms with Crippen LogP contribution in [0.25, 0.3) is 0 Å². The highest BCUT2D eigenvalue weighted by Gasteiger charge is 2.38. The Morgan fingerprint density at radius 1 is 0.958 bits per heavy atom. The minimum atomic E-state index is -0.272. The average molecular weight is 315 g/mol. The first-order valence-corrected chi connectivity index (χ1v) is 7.91. The second kappa shape index (κ2) is 5.81. The Hall–Kier alpha value is -3.14. The molecule has 1 aliphatic heterocycles. The van der Waals surface area contributed by atoms with E-state index in [0.29, 0.717) is 11.4 Å². The van der Waals surface area contributed by atoms with Crippen molar-refractivity contribution in [3.05, 3.63) is 89.6 Å². The highest BCUT2D eigenvalue weighted by atomic mass is 16.2. The van der Waals surface area contributed by atoms with Gasteiger partial charge in [-0.05, 0) is 37.3 Å². The standard InChI is InChI=1S/C20H17N3O/c1-14-9-11-15(12-10-14)22-19-16-6-2-3-7-17(16)20(24)23(19)18-8-4-5-13-21-18/h2-13,19,22H,1H3. The van der Waals surface area contributed by atoms with Gasteiger partial charge in [0.05, 0.1) is 0 Å². The summed E-state index contributed by atoms with van der Waals surface area (Å²) in [6.45, 7) is 2.05. The summed E-state index contributed by atoms with van der Waals surface area (Å²) in [5, 5.41) is 3.47. The van der Waals surface area contributed by atoms with E-state index in [0.717, 1.165) is 11.3 Å². The van der Waals surface area contributed by atoms with Crippen molar-refractivity contribution in [3.63, 3.8) is 0 Å². The third-order valence-corrected chi connectivity index (χ3v) is 4.21. The summed E-state index contributed by atoms with van der Waals surface area (Å²) in [5.74, 6) is 0.609. The van der Waals surface area contributed by atoms with Gasteiger partial charge >= 0.3 is 0 Å². The Balaban J connectivity index is 1.77. The number of nitrogens with zero attached hydrogens (tertiary/aromatic N) is 2. The van der Waals surface area contributed by atoms with Gasteiger partial charge in [0.1, 0.15) is 12.0 Å². The number of benzene rings is 2. The molecule has 1 amide bonds. The first-order valence-electron chi connectivity index (χ1n) is 7.91. The van der Waals surface area contributed by atoms with E-state index in [-0.39, 0.29) is 12.1 Å². The number of hydrogen-bond donors (Lipinski definition) is 1. The molecule has 1 unspecified atom stereocenters. The van der Waals surface area contributed by atoms with Gasteiger partial charge in [0.2, 0.25) is 0 Å². The number of carbonyl (C=O) groups is 1. The molecule has 24 heavy (non-hydrogen) atoms.